The third-order valence-corrected chi connectivity index (χ3v) is 4.72. The average molecular weight is 492 g/mol. The standard InChI is InChI=1S/C22H28N4O.HI/c1-2-23-22(24-16-21(27)25-20-11-7-4-8-12-20)26-14-13-19(17-26)15-18-9-5-3-6-10-18;/h3-12,19H,2,13-17H2,1H3,(H,23,24)(H,25,27);1H. The van der Waals surface area contributed by atoms with Gasteiger partial charge in [0.05, 0.1) is 0 Å². The minimum absolute atomic E-state index is 0. The van der Waals surface area contributed by atoms with Crippen molar-refractivity contribution >= 4 is 41.5 Å². The summed E-state index contributed by atoms with van der Waals surface area (Å²) in [4.78, 5) is 19.0. The molecule has 1 aliphatic rings. The van der Waals surface area contributed by atoms with Gasteiger partial charge >= 0.3 is 0 Å². The van der Waals surface area contributed by atoms with E-state index in [1.54, 1.807) is 0 Å². The van der Waals surface area contributed by atoms with Crippen LogP contribution in [0.3, 0.4) is 0 Å². The van der Waals surface area contributed by atoms with Crippen molar-refractivity contribution in [3.05, 3.63) is 66.2 Å². The molecule has 2 N–H and O–H groups in total. The first-order valence-corrected chi connectivity index (χ1v) is 9.66. The number of aliphatic imine (C=N–C) groups is 1. The molecule has 1 saturated heterocycles. The van der Waals surface area contributed by atoms with Gasteiger partial charge in [-0.05, 0) is 43.4 Å². The molecular weight excluding hydrogens is 463 g/mol. The summed E-state index contributed by atoms with van der Waals surface area (Å²) in [6, 6.07) is 20.1. The van der Waals surface area contributed by atoms with Crippen LogP contribution in [0.25, 0.3) is 0 Å². The Morgan fingerprint density at radius 2 is 1.79 bits per heavy atom. The van der Waals surface area contributed by atoms with Crippen LogP contribution in [0.15, 0.2) is 65.7 Å². The Morgan fingerprint density at radius 3 is 2.46 bits per heavy atom. The summed E-state index contributed by atoms with van der Waals surface area (Å²) in [5.74, 6) is 1.35. The molecule has 1 fully saturated rings. The molecule has 5 nitrogen and oxygen atoms in total. The van der Waals surface area contributed by atoms with Crippen molar-refractivity contribution in [2.45, 2.75) is 19.8 Å². The quantitative estimate of drug-likeness (QED) is 0.367. The van der Waals surface area contributed by atoms with Crippen molar-refractivity contribution in [1.82, 2.24) is 10.2 Å². The lowest BCUT2D eigenvalue weighted by Gasteiger charge is -2.21. The number of para-hydroxylation sites is 1. The number of benzene rings is 2. The van der Waals surface area contributed by atoms with Gasteiger partial charge in [0.1, 0.15) is 6.54 Å². The van der Waals surface area contributed by atoms with Gasteiger partial charge in [-0.1, -0.05) is 48.5 Å². The van der Waals surface area contributed by atoms with Crippen LogP contribution in [0.4, 0.5) is 5.69 Å². The molecule has 2 aromatic carbocycles. The maximum absolute atomic E-state index is 12.2. The van der Waals surface area contributed by atoms with Gasteiger partial charge in [0, 0.05) is 25.3 Å². The van der Waals surface area contributed by atoms with Gasteiger partial charge in [-0.15, -0.1) is 24.0 Å². The summed E-state index contributed by atoms with van der Waals surface area (Å²) < 4.78 is 0. The number of amides is 1. The monoisotopic (exact) mass is 492 g/mol. The molecule has 1 amide bonds. The van der Waals surface area contributed by atoms with Crippen molar-refractivity contribution in [1.29, 1.82) is 0 Å². The summed E-state index contributed by atoms with van der Waals surface area (Å²) in [6.45, 7) is 4.91. The number of nitrogens with zero attached hydrogens (tertiary/aromatic N) is 2. The van der Waals surface area contributed by atoms with Gasteiger partial charge in [0.25, 0.3) is 0 Å². The number of hydrogen-bond acceptors (Lipinski definition) is 2. The van der Waals surface area contributed by atoms with Crippen LogP contribution < -0.4 is 10.6 Å². The summed E-state index contributed by atoms with van der Waals surface area (Å²) in [5.41, 5.74) is 2.18. The second kappa shape index (κ2) is 11.7. The van der Waals surface area contributed by atoms with Crippen molar-refractivity contribution in [3.8, 4) is 0 Å². The number of halogens is 1. The van der Waals surface area contributed by atoms with Crippen LogP contribution in [0, 0.1) is 5.92 Å². The second-order valence-electron chi connectivity index (χ2n) is 6.87. The number of guanidine groups is 1. The van der Waals surface area contributed by atoms with E-state index in [0.717, 1.165) is 44.1 Å². The third-order valence-electron chi connectivity index (χ3n) is 4.72. The number of anilines is 1. The molecule has 150 valence electrons. The Labute approximate surface area is 184 Å². The molecule has 0 saturated carbocycles. The molecule has 28 heavy (non-hydrogen) atoms. The van der Waals surface area contributed by atoms with E-state index in [1.807, 2.05) is 30.3 Å². The van der Waals surface area contributed by atoms with Gasteiger partial charge in [0.2, 0.25) is 5.91 Å². The lowest BCUT2D eigenvalue weighted by Crippen LogP contribution is -2.40. The van der Waals surface area contributed by atoms with Crippen LogP contribution in [-0.2, 0) is 11.2 Å². The van der Waals surface area contributed by atoms with Gasteiger partial charge in [-0.2, -0.15) is 0 Å². The van der Waals surface area contributed by atoms with E-state index in [-0.39, 0.29) is 36.4 Å². The smallest absolute Gasteiger partial charge is 0.246 e. The molecule has 0 radical (unpaired) electrons. The van der Waals surface area contributed by atoms with E-state index in [2.05, 4.69) is 57.8 Å². The summed E-state index contributed by atoms with van der Waals surface area (Å²) in [5, 5.41) is 6.20. The zero-order chi connectivity index (χ0) is 18.9. The fourth-order valence-corrected chi connectivity index (χ4v) is 3.43. The Kier molecular flexibility index (Phi) is 9.27. The predicted octanol–water partition coefficient (Wildman–Crippen LogP) is 3.77. The fourth-order valence-electron chi connectivity index (χ4n) is 3.43. The Bertz CT molecular complexity index is 752. The van der Waals surface area contributed by atoms with Crippen molar-refractivity contribution in [3.63, 3.8) is 0 Å². The maximum Gasteiger partial charge on any atom is 0.246 e. The van der Waals surface area contributed by atoms with Crippen molar-refractivity contribution < 1.29 is 4.79 Å². The first kappa shape index (κ1) is 22.2. The molecule has 1 aliphatic heterocycles. The van der Waals surface area contributed by atoms with Crippen LogP contribution in [0.5, 0.6) is 0 Å². The molecule has 3 rings (SSSR count). The number of rotatable bonds is 6. The van der Waals surface area contributed by atoms with Gasteiger partial charge < -0.3 is 15.5 Å². The van der Waals surface area contributed by atoms with Crippen molar-refractivity contribution in [2.24, 2.45) is 10.9 Å². The van der Waals surface area contributed by atoms with E-state index >= 15 is 0 Å². The minimum atomic E-state index is -0.100. The van der Waals surface area contributed by atoms with E-state index in [9.17, 15) is 4.79 Å². The van der Waals surface area contributed by atoms with E-state index < -0.39 is 0 Å². The summed E-state index contributed by atoms with van der Waals surface area (Å²) >= 11 is 0. The van der Waals surface area contributed by atoms with E-state index in [1.165, 1.54) is 5.56 Å². The lowest BCUT2D eigenvalue weighted by molar-refractivity contribution is -0.114. The zero-order valence-corrected chi connectivity index (χ0v) is 18.6. The first-order chi connectivity index (χ1) is 13.2. The number of likely N-dealkylation sites (tertiary alicyclic amines) is 1. The summed E-state index contributed by atoms with van der Waals surface area (Å²) in [6.07, 6.45) is 2.24. The van der Waals surface area contributed by atoms with Crippen molar-refractivity contribution in [2.75, 3.05) is 31.5 Å². The highest BCUT2D eigenvalue weighted by molar-refractivity contribution is 14.0. The molecule has 0 spiro atoms. The van der Waals surface area contributed by atoms with E-state index in [0.29, 0.717) is 5.92 Å². The molecule has 1 unspecified atom stereocenters. The number of nitrogens with one attached hydrogen (secondary N) is 2. The third kappa shape index (κ3) is 6.82. The molecular formula is C22H29IN4O. The molecule has 6 heteroatoms. The van der Waals surface area contributed by atoms with Crippen LogP contribution >= 0.6 is 24.0 Å². The molecule has 2 aromatic rings. The van der Waals surface area contributed by atoms with Gasteiger partial charge in [0.15, 0.2) is 5.96 Å². The minimum Gasteiger partial charge on any atom is -0.357 e. The van der Waals surface area contributed by atoms with Gasteiger partial charge in [-0.3, -0.25) is 4.79 Å². The Hall–Kier alpha value is -2.09. The predicted molar refractivity (Wildman–Crippen MR) is 126 cm³/mol. The summed E-state index contributed by atoms with van der Waals surface area (Å²) in [7, 11) is 0. The zero-order valence-electron chi connectivity index (χ0n) is 16.3. The second-order valence-corrected chi connectivity index (χ2v) is 6.87. The highest BCUT2D eigenvalue weighted by Gasteiger charge is 2.25. The van der Waals surface area contributed by atoms with Crippen LogP contribution in [0.1, 0.15) is 18.9 Å². The molecule has 1 heterocycles. The van der Waals surface area contributed by atoms with Crippen LogP contribution in [0.2, 0.25) is 0 Å². The number of hydrogen-bond donors (Lipinski definition) is 2. The Morgan fingerprint density at radius 1 is 1.11 bits per heavy atom. The highest BCUT2D eigenvalue weighted by Crippen LogP contribution is 2.20. The fraction of sp³-hybridized carbons (Fsp3) is 0.364. The first-order valence-electron chi connectivity index (χ1n) is 9.66. The molecule has 0 bridgehead atoms. The normalized spacial score (nSPS) is 16.4. The highest BCUT2D eigenvalue weighted by atomic mass is 127. The van der Waals surface area contributed by atoms with Gasteiger partial charge in [-0.25, -0.2) is 4.99 Å². The largest absolute Gasteiger partial charge is 0.357 e. The van der Waals surface area contributed by atoms with E-state index in [4.69, 9.17) is 0 Å². The molecule has 1 atom stereocenters. The SMILES string of the molecule is CCNC(=NCC(=O)Nc1ccccc1)N1CCC(Cc2ccccc2)C1.I. The topological polar surface area (TPSA) is 56.7 Å². The molecule has 0 aliphatic carbocycles. The number of carbonyl (C=O) groups is 1. The Balaban J connectivity index is 0.00000280. The maximum atomic E-state index is 12.2. The lowest BCUT2D eigenvalue weighted by atomic mass is 9.99. The molecule has 0 aromatic heterocycles. The average Bonchev–Trinajstić information content (AvgIpc) is 3.15. The number of carbonyl (C=O) groups excluding carboxylic acids is 1. The van der Waals surface area contributed by atoms with Crippen LogP contribution in [-0.4, -0.2) is 42.9 Å².